The number of carbonyl (C=O) groups is 1. The highest BCUT2D eigenvalue weighted by molar-refractivity contribution is 6.31. The van der Waals surface area contributed by atoms with Gasteiger partial charge in [0.05, 0.1) is 5.02 Å². The average molecular weight is 292 g/mol. The van der Waals surface area contributed by atoms with Crippen molar-refractivity contribution in [1.29, 1.82) is 0 Å². The molecule has 0 spiro atoms. The highest BCUT2D eigenvalue weighted by Gasteiger charge is 2.35. The normalized spacial score (nSPS) is 23.0. The molecule has 1 atom stereocenters. The van der Waals surface area contributed by atoms with E-state index in [9.17, 15) is 4.79 Å². The van der Waals surface area contributed by atoms with Crippen molar-refractivity contribution in [2.75, 3.05) is 19.6 Å². The summed E-state index contributed by atoms with van der Waals surface area (Å²) in [4.78, 5) is 14.2. The van der Waals surface area contributed by atoms with Crippen LogP contribution < -0.4 is 5.73 Å². The van der Waals surface area contributed by atoms with Crippen molar-refractivity contribution in [2.24, 2.45) is 18.2 Å². The van der Waals surface area contributed by atoms with Gasteiger partial charge in [-0.05, 0) is 24.4 Å². The second kappa shape index (κ2) is 5.51. The van der Waals surface area contributed by atoms with Crippen molar-refractivity contribution in [3.63, 3.8) is 0 Å². The van der Waals surface area contributed by atoms with E-state index in [2.05, 4.69) is 6.92 Å². The van der Waals surface area contributed by atoms with Gasteiger partial charge in [-0.3, -0.25) is 4.79 Å². The highest BCUT2D eigenvalue weighted by atomic mass is 35.5. The molecule has 0 aliphatic carbocycles. The lowest BCUT2D eigenvalue weighted by atomic mass is 9.90. The second-order valence-corrected chi connectivity index (χ2v) is 5.58. The van der Waals surface area contributed by atoms with Crippen LogP contribution in [0.15, 0.2) is 12.3 Å². The SMILES string of the molecule is Cl.Cn1cc(Cl)cc1C(=O)N1CCC(C)(CN)C1. The van der Waals surface area contributed by atoms with Gasteiger partial charge in [0, 0.05) is 26.3 Å². The first-order chi connectivity index (χ1) is 7.95. The van der Waals surface area contributed by atoms with Crippen LogP contribution in [0.5, 0.6) is 0 Å². The van der Waals surface area contributed by atoms with Crippen LogP contribution in [-0.2, 0) is 7.05 Å². The number of amides is 1. The lowest BCUT2D eigenvalue weighted by Gasteiger charge is -2.22. The zero-order chi connectivity index (χ0) is 12.6. The zero-order valence-corrected chi connectivity index (χ0v) is 12.2. The Kier molecular flexibility index (Phi) is 4.70. The molecule has 1 unspecified atom stereocenters. The van der Waals surface area contributed by atoms with E-state index in [4.69, 9.17) is 17.3 Å². The second-order valence-electron chi connectivity index (χ2n) is 5.15. The van der Waals surface area contributed by atoms with Gasteiger partial charge in [-0.2, -0.15) is 0 Å². The fourth-order valence-corrected chi connectivity index (χ4v) is 2.51. The fraction of sp³-hybridized carbons (Fsp3) is 0.583. The van der Waals surface area contributed by atoms with Crippen molar-refractivity contribution < 1.29 is 4.79 Å². The summed E-state index contributed by atoms with van der Waals surface area (Å²) in [6.07, 6.45) is 2.71. The van der Waals surface area contributed by atoms with E-state index in [0.29, 0.717) is 17.3 Å². The molecule has 1 aliphatic rings. The molecule has 1 aromatic heterocycles. The number of nitrogens with two attached hydrogens (primary N) is 1. The maximum Gasteiger partial charge on any atom is 0.270 e. The van der Waals surface area contributed by atoms with Crippen molar-refractivity contribution in [1.82, 2.24) is 9.47 Å². The van der Waals surface area contributed by atoms with Gasteiger partial charge in [-0.25, -0.2) is 0 Å². The number of hydrogen-bond donors (Lipinski definition) is 1. The maximum atomic E-state index is 12.3. The van der Waals surface area contributed by atoms with Crippen LogP contribution in [0.3, 0.4) is 0 Å². The van der Waals surface area contributed by atoms with Gasteiger partial charge >= 0.3 is 0 Å². The summed E-state index contributed by atoms with van der Waals surface area (Å²) in [6.45, 7) is 4.24. The Bertz CT molecular complexity index is 447. The van der Waals surface area contributed by atoms with Gasteiger partial charge in [-0.1, -0.05) is 18.5 Å². The Labute approximate surface area is 118 Å². The molecule has 0 aromatic carbocycles. The van der Waals surface area contributed by atoms with E-state index in [1.165, 1.54) is 0 Å². The summed E-state index contributed by atoms with van der Waals surface area (Å²) >= 11 is 5.89. The molecule has 1 saturated heterocycles. The summed E-state index contributed by atoms with van der Waals surface area (Å²) in [5.41, 5.74) is 6.43. The third kappa shape index (κ3) is 2.82. The van der Waals surface area contributed by atoms with Gasteiger partial charge in [0.1, 0.15) is 5.69 Å². The molecule has 1 aromatic rings. The zero-order valence-electron chi connectivity index (χ0n) is 10.6. The molecule has 102 valence electrons. The molecule has 0 saturated carbocycles. The van der Waals surface area contributed by atoms with E-state index in [1.54, 1.807) is 16.8 Å². The van der Waals surface area contributed by atoms with Crippen LogP contribution in [0.2, 0.25) is 5.02 Å². The molecule has 2 heterocycles. The number of aromatic nitrogens is 1. The number of likely N-dealkylation sites (tertiary alicyclic amines) is 1. The van der Waals surface area contributed by atoms with E-state index in [-0.39, 0.29) is 23.7 Å². The molecule has 1 amide bonds. The third-order valence-electron chi connectivity index (χ3n) is 3.53. The first-order valence-corrected chi connectivity index (χ1v) is 6.14. The standard InChI is InChI=1S/C12H18ClN3O.ClH/c1-12(7-14)3-4-16(8-12)11(17)10-5-9(13)6-15(10)2;/h5-6H,3-4,7-8,14H2,1-2H3;1H. The minimum Gasteiger partial charge on any atom is -0.345 e. The molecule has 18 heavy (non-hydrogen) atoms. The monoisotopic (exact) mass is 291 g/mol. The first kappa shape index (κ1) is 15.3. The molecule has 6 heteroatoms. The molecule has 2 rings (SSSR count). The van der Waals surface area contributed by atoms with E-state index in [0.717, 1.165) is 19.5 Å². The Morgan fingerprint density at radius 2 is 2.28 bits per heavy atom. The lowest BCUT2D eigenvalue weighted by molar-refractivity contribution is 0.0767. The number of halogens is 2. The molecule has 4 nitrogen and oxygen atoms in total. The Balaban J connectivity index is 0.00000162. The summed E-state index contributed by atoms with van der Waals surface area (Å²) in [7, 11) is 1.83. The predicted molar refractivity (Wildman–Crippen MR) is 75.4 cm³/mol. The molecule has 1 fully saturated rings. The van der Waals surface area contributed by atoms with Crippen molar-refractivity contribution in [2.45, 2.75) is 13.3 Å². The van der Waals surface area contributed by atoms with Crippen LogP contribution in [0.25, 0.3) is 0 Å². The van der Waals surface area contributed by atoms with Crippen LogP contribution >= 0.6 is 24.0 Å². The predicted octanol–water partition coefficient (Wildman–Crippen LogP) is 1.91. The van der Waals surface area contributed by atoms with E-state index < -0.39 is 0 Å². The summed E-state index contributed by atoms with van der Waals surface area (Å²) < 4.78 is 1.77. The van der Waals surface area contributed by atoms with Crippen molar-refractivity contribution >= 4 is 29.9 Å². The van der Waals surface area contributed by atoms with E-state index >= 15 is 0 Å². The summed E-state index contributed by atoms with van der Waals surface area (Å²) in [5, 5.41) is 0.594. The quantitative estimate of drug-likeness (QED) is 0.905. The average Bonchev–Trinajstić information content (AvgIpc) is 2.82. The van der Waals surface area contributed by atoms with Gasteiger partial charge < -0.3 is 15.2 Å². The lowest BCUT2D eigenvalue weighted by Crippen LogP contribution is -2.35. The first-order valence-electron chi connectivity index (χ1n) is 5.76. The number of aryl methyl sites for hydroxylation is 1. The van der Waals surface area contributed by atoms with Crippen LogP contribution in [0.1, 0.15) is 23.8 Å². The number of carbonyl (C=O) groups excluding carboxylic acids is 1. The molecular weight excluding hydrogens is 273 g/mol. The molecule has 0 radical (unpaired) electrons. The largest absolute Gasteiger partial charge is 0.345 e. The fourth-order valence-electron chi connectivity index (χ4n) is 2.26. The number of nitrogens with zero attached hydrogens (tertiary/aromatic N) is 2. The Morgan fingerprint density at radius 3 is 2.72 bits per heavy atom. The summed E-state index contributed by atoms with van der Waals surface area (Å²) in [6, 6.07) is 1.71. The molecule has 2 N–H and O–H groups in total. The smallest absolute Gasteiger partial charge is 0.270 e. The number of rotatable bonds is 2. The van der Waals surface area contributed by atoms with Gasteiger partial charge in [0.15, 0.2) is 0 Å². The Hall–Kier alpha value is -0.710. The van der Waals surface area contributed by atoms with Crippen molar-refractivity contribution in [3.8, 4) is 0 Å². The summed E-state index contributed by atoms with van der Waals surface area (Å²) in [5.74, 6) is 0.0385. The highest BCUT2D eigenvalue weighted by Crippen LogP contribution is 2.29. The Morgan fingerprint density at radius 1 is 1.61 bits per heavy atom. The van der Waals surface area contributed by atoms with Crippen LogP contribution in [0, 0.1) is 5.41 Å². The number of hydrogen-bond acceptors (Lipinski definition) is 2. The van der Waals surface area contributed by atoms with Gasteiger partial charge in [0.2, 0.25) is 0 Å². The van der Waals surface area contributed by atoms with Crippen LogP contribution in [0.4, 0.5) is 0 Å². The van der Waals surface area contributed by atoms with Crippen LogP contribution in [-0.4, -0.2) is 35.0 Å². The minimum atomic E-state index is 0. The van der Waals surface area contributed by atoms with Gasteiger partial charge in [-0.15, -0.1) is 12.4 Å². The molecule has 0 bridgehead atoms. The third-order valence-corrected chi connectivity index (χ3v) is 3.74. The van der Waals surface area contributed by atoms with Crippen molar-refractivity contribution in [3.05, 3.63) is 23.0 Å². The van der Waals surface area contributed by atoms with E-state index in [1.807, 2.05) is 11.9 Å². The molecule has 1 aliphatic heterocycles. The topological polar surface area (TPSA) is 51.3 Å². The maximum absolute atomic E-state index is 12.3. The molecular formula is C12H19Cl2N3O. The van der Waals surface area contributed by atoms with Gasteiger partial charge in [0.25, 0.3) is 5.91 Å². The minimum absolute atomic E-state index is 0.